The van der Waals surface area contributed by atoms with Gasteiger partial charge in [0.1, 0.15) is 6.61 Å². The van der Waals surface area contributed by atoms with Crippen molar-refractivity contribution in [2.75, 3.05) is 26.3 Å². The summed E-state index contributed by atoms with van der Waals surface area (Å²) in [6, 6.07) is 0.462. The van der Waals surface area contributed by atoms with Gasteiger partial charge in [-0.2, -0.15) is 0 Å². The lowest BCUT2D eigenvalue weighted by Crippen LogP contribution is -2.38. The number of amides is 1. The Labute approximate surface area is 110 Å². The van der Waals surface area contributed by atoms with Gasteiger partial charge in [-0.1, -0.05) is 19.8 Å². The van der Waals surface area contributed by atoms with Gasteiger partial charge in [-0.05, 0) is 25.8 Å². The first-order chi connectivity index (χ1) is 7.83. The minimum atomic E-state index is 0. The molecule has 2 N–H and O–H groups in total. The fourth-order valence-electron chi connectivity index (χ4n) is 1.84. The predicted molar refractivity (Wildman–Crippen MR) is 71.6 cm³/mol. The summed E-state index contributed by atoms with van der Waals surface area (Å²) in [6.07, 6.45) is 5.79. The molecule has 1 aliphatic heterocycles. The molecule has 1 rings (SSSR count). The number of hydrogen-bond acceptors (Lipinski definition) is 3. The van der Waals surface area contributed by atoms with Crippen LogP contribution in [0.4, 0.5) is 0 Å². The molecule has 102 valence electrons. The van der Waals surface area contributed by atoms with E-state index in [-0.39, 0.29) is 24.9 Å². The lowest BCUT2D eigenvalue weighted by molar-refractivity contribution is -0.125. The fraction of sp³-hybridized carbons (Fsp3) is 0.917. The van der Waals surface area contributed by atoms with E-state index in [0.717, 1.165) is 25.9 Å². The normalized spacial score (nSPS) is 18.8. The summed E-state index contributed by atoms with van der Waals surface area (Å²) in [4.78, 5) is 11.4. The van der Waals surface area contributed by atoms with Crippen molar-refractivity contribution in [3.05, 3.63) is 0 Å². The highest BCUT2D eigenvalue weighted by Crippen LogP contribution is 2.02. The summed E-state index contributed by atoms with van der Waals surface area (Å²) in [6.45, 7) is 4.87. The Morgan fingerprint density at radius 1 is 1.47 bits per heavy atom. The quantitative estimate of drug-likeness (QED) is 0.653. The van der Waals surface area contributed by atoms with Crippen LogP contribution in [0.2, 0.25) is 0 Å². The molecule has 0 spiro atoms. The van der Waals surface area contributed by atoms with Crippen molar-refractivity contribution < 1.29 is 9.53 Å². The van der Waals surface area contributed by atoms with E-state index in [1.54, 1.807) is 0 Å². The monoisotopic (exact) mass is 264 g/mol. The second kappa shape index (κ2) is 10.8. The van der Waals surface area contributed by atoms with Gasteiger partial charge in [-0.25, -0.2) is 0 Å². The van der Waals surface area contributed by atoms with E-state index in [0.29, 0.717) is 12.6 Å². The number of ether oxygens (including phenoxy) is 1. The number of hydrogen-bond donors (Lipinski definition) is 2. The molecular formula is C12H25ClN2O2. The summed E-state index contributed by atoms with van der Waals surface area (Å²) in [5, 5.41) is 6.23. The van der Waals surface area contributed by atoms with E-state index in [9.17, 15) is 4.79 Å². The third-order valence-electron chi connectivity index (χ3n) is 2.83. The Bertz CT molecular complexity index is 197. The maximum Gasteiger partial charge on any atom is 0.246 e. The Balaban J connectivity index is 0.00000256. The topological polar surface area (TPSA) is 50.4 Å². The van der Waals surface area contributed by atoms with Crippen LogP contribution < -0.4 is 10.6 Å². The highest BCUT2D eigenvalue weighted by Gasteiger charge is 2.14. The SMILES string of the molecule is CCCCCOCC(=O)NCC1CCCN1.Cl. The van der Waals surface area contributed by atoms with Gasteiger partial charge >= 0.3 is 0 Å². The van der Waals surface area contributed by atoms with Crippen LogP contribution in [0.5, 0.6) is 0 Å². The molecule has 1 amide bonds. The van der Waals surface area contributed by atoms with Gasteiger partial charge in [-0.15, -0.1) is 12.4 Å². The maximum absolute atomic E-state index is 11.4. The third-order valence-corrected chi connectivity index (χ3v) is 2.83. The summed E-state index contributed by atoms with van der Waals surface area (Å²) in [5.41, 5.74) is 0. The molecule has 0 bridgehead atoms. The van der Waals surface area contributed by atoms with Gasteiger partial charge in [0.15, 0.2) is 0 Å². The van der Waals surface area contributed by atoms with Gasteiger partial charge in [0.2, 0.25) is 5.91 Å². The Morgan fingerprint density at radius 3 is 2.94 bits per heavy atom. The van der Waals surface area contributed by atoms with Crippen molar-refractivity contribution in [1.29, 1.82) is 0 Å². The average Bonchev–Trinajstić information content (AvgIpc) is 2.79. The molecule has 5 heteroatoms. The number of carbonyl (C=O) groups is 1. The summed E-state index contributed by atoms with van der Waals surface area (Å²) >= 11 is 0. The largest absolute Gasteiger partial charge is 0.372 e. The Morgan fingerprint density at radius 2 is 2.29 bits per heavy atom. The Kier molecular flexibility index (Phi) is 10.6. The van der Waals surface area contributed by atoms with Crippen LogP contribution in [-0.4, -0.2) is 38.3 Å². The summed E-state index contributed by atoms with van der Waals surface area (Å²) in [5.74, 6) is 0.00481. The van der Waals surface area contributed by atoms with E-state index >= 15 is 0 Å². The minimum absolute atomic E-state index is 0. The van der Waals surface area contributed by atoms with Crippen LogP contribution in [0.3, 0.4) is 0 Å². The minimum Gasteiger partial charge on any atom is -0.372 e. The molecule has 0 aromatic rings. The smallest absolute Gasteiger partial charge is 0.246 e. The van der Waals surface area contributed by atoms with Crippen LogP contribution in [0, 0.1) is 0 Å². The van der Waals surface area contributed by atoms with Crippen LogP contribution in [-0.2, 0) is 9.53 Å². The standard InChI is InChI=1S/C12H24N2O2.ClH/c1-2-3-4-8-16-10-12(15)14-9-11-6-5-7-13-11;/h11,13H,2-10H2,1H3,(H,14,15);1H. The second-order valence-corrected chi connectivity index (χ2v) is 4.36. The van der Waals surface area contributed by atoms with Gasteiger partial charge in [0.25, 0.3) is 0 Å². The molecule has 1 fully saturated rings. The van der Waals surface area contributed by atoms with Crippen molar-refractivity contribution in [1.82, 2.24) is 10.6 Å². The first-order valence-electron chi connectivity index (χ1n) is 6.40. The first kappa shape index (κ1) is 16.7. The van der Waals surface area contributed by atoms with Gasteiger partial charge < -0.3 is 15.4 Å². The first-order valence-corrected chi connectivity index (χ1v) is 6.40. The van der Waals surface area contributed by atoms with Crippen LogP contribution in [0.25, 0.3) is 0 Å². The zero-order valence-electron chi connectivity index (χ0n) is 10.7. The van der Waals surface area contributed by atoms with Gasteiger partial charge in [-0.3, -0.25) is 4.79 Å². The zero-order valence-corrected chi connectivity index (χ0v) is 11.5. The lowest BCUT2D eigenvalue weighted by atomic mass is 10.2. The molecule has 1 unspecified atom stereocenters. The molecule has 1 atom stereocenters. The third kappa shape index (κ3) is 8.41. The van der Waals surface area contributed by atoms with Crippen molar-refractivity contribution in [2.24, 2.45) is 0 Å². The van der Waals surface area contributed by atoms with Crippen LogP contribution in [0.15, 0.2) is 0 Å². The highest BCUT2D eigenvalue weighted by molar-refractivity contribution is 5.85. The second-order valence-electron chi connectivity index (χ2n) is 4.36. The van der Waals surface area contributed by atoms with Gasteiger partial charge in [0.05, 0.1) is 0 Å². The van der Waals surface area contributed by atoms with E-state index < -0.39 is 0 Å². The summed E-state index contributed by atoms with van der Waals surface area (Å²) in [7, 11) is 0. The van der Waals surface area contributed by atoms with Crippen molar-refractivity contribution in [2.45, 2.75) is 45.1 Å². The molecule has 0 radical (unpaired) electrons. The summed E-state index contributed by atoms with van der Waals surface area (Å²) < 4.78 is 5.28. The average molecular weight is 265 g/mol. The number of unbranched alkanes of at least 4 members (excludes halogenated alkanes) is 2. The highest BCUT2D eigenvalue weighted by atomic mass is 35.5. The van der Waals surface area contributed by atoms with E-state index in [4.69, 9.17) is 4.74 Å². The molecule has 0 aromatic carbocycles. The predicted octanol–water partition coefficient (Wildman–Crippen LogP) is 1.48. The molecule has 0 aliphatic carbocycles. The molecule has 1 aliphatic rings. The Hall–Kier alpha value is -0.320. The maximum atomic E-state index is 11.4. The van der Waals surface area contributed by atoms with Crippen molar-refractivity contribution >= 4 is 18.3 Å². The molecule has 0 saturated carbocycles. The number of halogens is 1. The molecule has 17 heavy (non-hydrogen) atoms. The zero-order chi connectivity index (χ0) is 11.6. The molecule has 0 aromatic heterocycles. The lowest BCUT2D eigenvalue weighted by Gasteiger charge is -2.11. The van der Waals surface area contributed by atoms with E-state index in [1.165, 1.54) is 19.3 Å². The van der Waals surface area contributed by atoms with Gasteiger partial charge in [0, 0.05) is 19.2 Å². The van der Waals surface area contributed by atoms with E-state index in [2.05, 4.69) is 17.6 Å². The van der Waals surface area contributed by atoms with Crippen molar-refractivity contribution in [3.63, 3.8) is 0 Å². The molecule has 1 heterocycles. The number of rotatable bonds is 8. The van der Waals surface area contributed by atoms with Crippen LogP contribution >= 0.6 is 12.4 Å². The van der Waals surface area contributed by atoms with E-state index in [1.807, 2.05) is 0 Å². The number of nitrogens with one attached hydrogen (secondary N) is 2. The van der Waals surface area contributed by atoms with Crippen LogP contribution in [0.1, 0.15) is 39.0 Å². The van der Waals surface area contributed by atoms with Crippen molar-refractivity contribution in [3.8, 4) is 0 Å². The molecule has 4 nitrogen and oxygen atoms in total. The number of carbonyl (C=O) groups excluding carboxylic acids is 1. The molecular weight excluding hydrogens is 240 g/mol. The molecule has 1 saturated heterocycles. The fourth-order valence-corrected chi connectivity index (χ4v) is 1.84.